The molecule has 144 valence electrons. The van der Waals surface area contributed by atoms with E-state index in [9.17, 15) is 18.0 Å². The van der Waals surface area contributed by atoms with Crippen LogP contribution < -0.4 is 10.6 Å². The molecule has 0 aromatic carbocycles. The van der Waals surface area contributed by atoms with E-state index in [1.807, 2.05) is 0 Å². The van der Waals surface area contributed by atoms with Gasteiger partial charge in [-0.3, -0.25) is 19.9 Å². The summed E-state index contributed by atoms with van der Waals surface area (Å²) in [6.07, 6.45) is 5.30. The maximum absolute atomic E-state index is 12.6. The average Bonchev–Trinajstić information content (AvgIpc) is 3.20. The molecule has 3 rings (SSSR count). The number of nitrogens with zero attached hydrogens (tertiary/aromatic N) is 3. The SMILES string of the molecule is O=C(NCC1CCN(S(=O)(=O)c2cccnc2)CC1)C(=O)Nc1ccon1. The van der Waals surface area contributed by atoms with E-state index in [1.165, 1.54) is 35.1 Å². The van der Waals surface area contributed by atoms with E-state index >= 15 is 0 Å². The molecule has 0 atom stereocenters. The first kappa shape index (κ1) is 19.0. The summed E-state index contributed by atoms with van der Waals surface area (Å²) in [4.78, 5) is 27.6. The molecule has 11 heteroatoms. The molecule has 0 radical (unpaired) electrons. The van der Waals surface area contributed by atoms with Gasteiger partial charge in [0, 0.05) is 38.1 Å². The highest BCUT2D eigenvalue weighted by atomic mass is 32.2. The summed E-state index contributed by atoms with van der Waals surface area (Å²) in [6, 6.07) is 4.52. The minimum atomic E-state index is -3.56. The average molecular weight is 393 g/mol. The minimum Gasteiger partial charge on any atom is -0.363 e. The minimum absolute atomic E-state index is 0.0918. The van der Waals surface area contributed by atoms with Crippen molar-refractivity contribution in [2.45, 2.75) is 17.7 Å². The Kier molecular flexibility index (Phi) is 5.81. The molecule has 2 amide bonds. The van der Waals surface area contributed by atoms with Crippen molar-refractivity contribution in [3.05, 3.63) is 36.9 Å². The molecular formula is C16H19N5O5S. The van der Waals surface area contributed by atoms with E-state index < -0.39 is 21.8 Å². The van der Waals surface area contributed by atoms with Gasteiger partial charge in [0.25, 0.3) is 0 Å². The molecular weight excluding hydrogens is 374 g/mol. The maximum Gasteiger partial charge on any atom is 0.314 e. The Bertz CT molecular complexity index is 877. The van der Waals surface area contributed by atoms with Gasteiger partial charge in [-0.1, -0.05) is 5.16 Å². The molecule has 0 unspecified atom stereocenters. The predicted molar refractivity (Wildman–Crippen MR) is 93.9 cm³/mol. The van der Waals surface area contributed by atoms with Crippen LogP contribution in [0, 0.1) is 5.92 Å². The standard InChI is InChI=1S/C16H19N5O5S/c22-15(16(23)19-14-5-9-26-20-14)18-10-12-3-7-21(8-4-12)27(24,25)13-2-1-6-17-11-13/h1-2,5-6,9,11-12H,3-4,7-8,10H2,(H,18,22)(H,19,20,23). The first-order valence-electron chi connectivity index (χ1n) is 8.36. The molecule has 0 spiro atoms. The lowest BCUT2D eigenvalue weighted by Crippen LogP contribution is -2.43. The second kappa shape index (κ2) is 8.27. The second-order valence-corrected chi connectivity index (χ2v) is 8.02. The third-order valence-corrected chi connectivity index (χ3v) is 6.16. The van der Waals surface area contributed by atoms with E-state index in [-0.39, 0.29) is 16.6 Å². The van der Waals surface area contributed by atoms with Gasteiger partial charge in [-0.2, -0.15) is 4.31 Å². The van der Waals surface area contributed by atoms with Crippen LogP contribution in [0.5, 0.6) is 0 Å². The fraction of sp³-hybridized carbons (Fsp3) is 0.375. The molecule has 0 aliphatic carbocycles. The van der Waals surface area contributed by atoms with Gasteiger partial charge >= 0.3 is 11.8 Å². The monoisotopic (exact) mass is 393 g/mol. The van der Waals surface area contributed by atoms with Crippen LogP contribution in [-0.2, 0) is 19.6 Å². The summed E-state index contributed by atoms with van der Waals surface area (Å²) < 4.78 is 31.1. The summed E-state index contributed by atoms with van der Waals surface area (Å²) >= 11 is 0. The zero-order chi connectivity index (χ0) is 19.3. The molecule has 1 aliphatic rings. The second-order valence-electron chi connectivity index (χ2n) is 6.09. The lowest BCUT2D eigenvalue weighted by Gasteiger charge is -2.31. The Morgan fingerprint density at radius 2 is 2.00 bits per heavy atom. The van der Waals surface area contributed by atoms with Crippen LogP contribution in [0.15, 0.2) is 46.3 Å². The largest absolute Gasteiger partial charge is 0.363 e. The van der Waals surface area contributed by atoms with Gasteiger partial charge in [0.15, 0.2) is 5.82 Å². The lowest BCUT2D eigenvalue weighted by molar-refractivity contribution is -0.136. The summed E-state index contributed by atoms with van der Waals surface area (Å²) in [5.74, 6) is -1.36. The number of nitrogens with one attached hydrogen (secondary N) is 2. The molecule has 2 N–H and O–H groups in total. The molecule has 10 nitrogen and oxygen atoms in total. The van der Waals surface area contributed by atoms with Crippen molar-refractivity contribution in [1.82, 2.24) is 19.8 Å². The van der Waals surface area contributed by atoms with Gasteiger partial charge in [-0.15, -0.1) is 0 Å². The number of amides is 2. The van der Waals surface area contributed by atoms with Crippen molar-refractivity contribution < 1.29 is 22.5 Å². The first-order chi connectivity index (χ1) is 13.0. The quantitative estimate of drug-likeness (QED) is 0.694. The van der Waals surface area contributed by atoms with Gasteiger partial charge in [-0.25, -0.2) is 8.42 Å². The van der Waals surface area contributed by atoms with Crippen molar-refractivity contribution in [3.8, 4) is 0 Å². The van der Waals surface area contributed by atoms with E-state index in [1.54, 1.807) is 6.07 Å². The van der Waals surface area contributed by atoms with Gasteiger partial charge in [0.1, 0.15) is 11.2 Å². The van der Waals surface area contributed by atoms with Crippen molar-refractivity contribution in [1.29, 1.82) is 0 Å². The Morgan fingerprint density at radius 3 is 2.63 bits per heavy atom. The molecule has 27 heavy (non-hydrogen) atoms. The highest BCUT2D eigenvalue weighted by Crippen LogP contribution is 2.22. The molecule has 0 bridgehead atoms. The van der Waals surface area contributed by atoms with Crippen LogP contribution in [0.2, 0.25) is 0 Å². The molecule has 1 saturated heterocycles. The third-order valence-electron chi connectivity index (χ3n) is 4.28. The highest BCUT2D eigenvalue weighted by molar-refractivity contribution is 7.89. The fourth-order valence-corrected chi connectivity index (χ4v) is 4.20. The first-order valence-corrected chi connectivity index (χ1v) is 9.80. The molecule has 2 aromatic heterocycles. The van der Waals surface area contributed by atoms with Crippen LogP contribution in [-0.4, -0.2) is 54.3 Å². The summed E-state index contributed by atoms with van der Waals surface area (Å²) in [5, 5.41) is 8.36. The molecule has 1 aliphatic heterocycles. The maximum atomic E-state index is 12.6. The summed E-state index contributed by atoms with van der Waals surface area (Å²) in [7, 11) is -3.56. The molecule has 3 heterocycles. The van der Waals surface area contributed by atoms with E-state index in [0.29, 0.717) is 32.5 Å². The summed E-state index contributed by atoms with van der Waals surface area (Å²) in [5.41, 5.74) is 0. The van der Waals surface area contributed by atoms with Crippen molar-refractivity contribution in [2.24, 2.45) is 5.92 Å². The number of aromatic nitrogens is 2. The molecule has 2 aromatic rings. The van der Waals surface area contributed by atoms with Crippen molar-refractivity contribution in [3.63, 3.8) is 0 Å². The van der Waals surface area contributed by atoms with Crippen LogP contribution >= 0.6 is 0 Å². The normalized spacial score (nSPS) is 16.0. The Labute approximate surface area is 156 Å². The van der Waals surface area contributed by atoms with Gasteiger partial charge in [0.05, 0.1) is 0 Å². The molecule has 1 fully saturated rings. The topological polar surface area (TPSA) is 134 Å². The number of rotatable bonds is 5. The number of sulfonamides is 1. The number of pyridine rings is 1. The number of carbonyl (C=O) groups is 2. The van der Waals surface area contributed by atoms with Crippen molar-refractivity contribution >= 4 is 27.7 Å². The number of carbonyl (C=O) groups excluding carboxylic acids is 2. The zero-order valence-electron chi connectivity index (χ0n) is 14.4. The lowest BCUT2D eigenvalue weighted by atomic mass is 9.98. The fourth-order valence-electron chi connectivity index (χ4n) is 2.77. The summed E-state index contributed by atoms with van der Waals surface area (Å²) in [6.45, 7) is 0.998. The number of hydrogen-bond donors (Lipinski definition) is 2. The number of anilines is 1. The smallest absolute Gasteiger partial charge is 0.314 e. The van der Waals surface area contributed by atoms with Crippen LogP contribution in [0.1, 0.15) is 12.8 Å². The van der Waals surface area contributed by atoms with Crippen LogP contribution in [0.4, 0.5) is 5.82 Å². The number of piperidine rings is 1. The van der Waals surface area contributed by atoms with E-state index in [2.05, 4.69) is 25.3 Å². The predicted octanol–water partition coefficient (Wildman–Crippen LogP) is 0.225. The molecule has 0 saturated carbocycles. The van der Waals surface area contributed by atoms with E-state index in [0.717, 1.165) is 0 Å². The van der Waals surface area contributed by atoms with E-state index in [4.69, 9.17) is 0 Å². The Hall–Kier alpha value is -2.79. The van der Waals surface area contributed by atoms with Gasteiger partial charge in [-0.05, 0) is 30.9 Å². The highest BCUT2D eigenvalue weighted by Gasteiger charge is 2.29. The Balaban J connectivity index is 1.45. The third kappa shape index (κ3) is 4.68. The van der Waals surface area contributed by atoms with Crippen LogP contribution in [0.25, 0.3) is 0 Å². The van der Waals surface area contributed by atoms with Crippen molar-refractivity contribution in [2.75, 3.05) is 25.0 Å². The number of hydrogen-bond acceptors (Lipinski definition) is 7. The van der Waals surface area contributed by atoms with Crippen LogP contribution in [0.3, 0.4) is 0 Å². The Morgan fingerprint density at radius 1 is 1.22 bits per heavy atom. The zero-order valence-corrected chi connectivity index (χ0v) is 15.2. The van der Waals surface area contributed by atoms with Gasteiger partial charge < -0.3 is 9.84 Å². The van der Waals surface area contributed by atoms with Gasteiger partial charge in [0.2, 0.25) is 10.0 Å².